The van der Waals surface area contributed by atoms with Crippen molar-refractivity contribution in [1.29, 1.82) is 0 Å². The number of piperidine rings is 1. The van der Waals surface area contributed by atoms with Crippen LogP contribution < -0.4 is 5.32 Å². The summed E-state index contributed by atoms with van der Waals surface area (Å²) < 4.78 is 29.1. The summed E-state index contributed by atoms with van der Waals surface area (Å²) in [6.45, 7) is 4.65. The fourth-order valence-electron chi connectivity index (χ4n) is 3.98. The molecule has 1 aromatic rings. The monoisotopic (exact) mass is 396 g/mol. The third kappa shape index (κ3) is 4.90. The first-order valence-electron chi connectivity index (χ1n) is 10.2. The van der Waals surface area contributed by atoms with E-state index >= 15 is 0 Å². The van der Waals surface area contributed by atoms with Crippen LogP contribution >= 0.6 is 0 Å². The van der Waals surface area contributed by atoms with E-state index < -0.39 is 10.0 Å². The first-order valence-corrected chi connectivity index (χ1v) is 11.7. The van der Waals surface area contributed by atoms with E-state index in [0.29, 0.717) is 13.0 Å². The maximum Gasteiger partial charge on any atom is 0.262 e. The molecule has 152 valence electrons. The Bertz CT molecular complexity index is 736. The van der Waals surface area contributed by atoms with Crippen molar-refractivity contribution in [2.75, 3.05) is 13.1 Å². The molecule has 2 aliphatic rings. The van der Waals surface area contributed by atoms with E-state index in [4.69, 9.17) is 0 Å². The van der Waals surface area contributed by atoms with E-state index in [2.05, 4.69) is 10.3 Å². The van der Waals surface area contributed by atoms with Gasteiger partial charge in [-0.1, -0.05) is 25.7 Å². The Balaban J connectivity index is 1.64. The minimum atomic E-state index is -3.66. The molecular formula is C19H32N4O3S. The van der Waals surface area contributed by atoms with Gasteiger partial charge in [0.1, 0.15) is 0 Å². The van der Waals surface area contributed by atoms with E-state index in [1.807, 2.05) is 13.8 Å². The number of nitrogens with one attached hydrogen (secondary N) is 1. The zero-order valence-corrected chi connectivity index (χ0v) is 17.2. The first kappa shape index (κ1) is 20.3. The van der Waals surface area contributed by atoms with Crippen molar-refractivity contribution in [3.05, 3.63) is 12.5 Å². The van der Waals surface area contributed by atoms with Crippen LogP contribution in [0.3, 0.4) is 0 Å². The first-order chi connectivity index (χ1) is 12.9. The van der Waals surface area contributed by atoms with Gasteiger partial charge in [-0.2, -0.15) is 4.31 Å². The molecular weight excluding hydrogens is 364 g/mol. The van der Waals surface area contributed by atoms with Crippen LogP contribution in [0.2, 0.25) is 0 Å². The summed E-state index contributed by atoms with van der Waals surface area (Å²) in [6.07, 6.45) is 11.4. The number of amides is 1. The predicted octanol–water partition coefficient (Wildman–Crippen LogP) is 2.70. The Kier molecular flexibility index (Phi) is 6.57. The average Bonchev–Trinajstić information content (AvgIpc) is 3.03. The largest absolute Gasteiger partial charge is 0.353 e. The van der Waals surface area contributed by atoms with E-state index in [1.165, 1.54) is 17.1 Å². The van der Waals surface area contributed by atoms with Crippen LogP contribution in [0.4, 0.5) is 0 Å². The summed E-state index contributed by atoms with van der Waals surface area (Å²) in [7, 11) is -3.66. The maximum absolute atomic E-state index is 12.9. The molecule has 1 aromatic heterocycles. The van der Waals surface area contributed by atoms with Gasteiger partial charge in [0.25, 0.3) is 10.0 Å². The molecule has 27 heavy (non-hydrogen) atoms. The summed E-state index contributed by atoms with van der Waals surface area (Å²) in [5, 5.41) is 3.25. The number of carbonyl (C=O) groups is 1. The lowest BCUT2D eigenvalue weighted by Crippen LogP contribution is -2.47. The highest BCUT2D eigenvalue weighted by Gasteiger charge is 2.35. The zero-order chi connectivity index (χ0) is 19.4. The Labute approximate surface area is 162 Å². The van der Waals surface area contributed by atoms with Gasteiger partial charge in [-0.05, 0) is 39.5 Å². The van der Waals surface area contributed by atoms with Crippen molar-refractivity contribution >= 4 is 15.9 Å². The minimum Gasteiger partial charge on any atom is -0.353 e. The van der Waals surface area contributed by atoms with Crippen LogP contribution in [-0.4, -0.2) is 47.3 Å². The quantitative estimate of drug-likeness (QED) is 0.776. The van der Waals surface area contributed by atoms with Crippen molar-refractivity contribution in [3.63, 3.8) is 0 Å². The molecule has 1 amide bonds. The molecule has 0 spiro atoms. The standard InChI is InChI=1S/C19H32N4O3S/c1-15(2)22-13-18(20-14-22)27(25,26)23-11-7-8-16(12-23)19(24)21-17-9-5-3-4-6-10-17/h13-17H,3-12H2,1-2H3,(H,21,24). The van der Waals surface area contributed by atoms with E-state index in [9.17, 15) is 13.2 Å². The van der Waals surface area contributed by atoms with Crippen molar-refractivity contribution in [1.82, 2.24) is 19.2 Å². The number of nitrogens with zero attached hydrogens (tertiary/aromatic N) is 3. The van der Waals surface area contributed by atoms with Crippen molar-refractivity contribution in [2.45, 2.75) is 82.3 Å². The van der Waals surface area contributed by atoms with Crippen molar-refractivity contribution < 1.29 is 13.2 Å². The van der Waals surface area contributed by atoms with E-state index in [-0.39, 0.29) is 35.5 Å². The van der Waals surface area contributed by atoms with Gasteiger partial charge >= 0.3 is 0 Å². The molecule has 2 fully saturated rings. The molecule has 1 saturated heterocycles. The van der Waals surface area contributed by atoms with E-state index in [0.717, 1.165) is 32.1 Å². The summed E-state index contributed by atoms with van der Waals surface area (Å²) in [4.78, 5) is 16.8. The summed E-state index contributed by atoms with van der Waals surface area (Å²) in [5.41, 5.74) is 0. The lowest BCUT2D eigenvalue weighted by Gasteiger charge is -2.31. The molecule has 0 aromatic carbocycles. The number of hydrogen-bond acceptors (Lipinski definition) is 4. The van der Waals surface area contributed by atoms with Gasteiger partial charge in [-0.15, -0.1) is 0 Å². The molecule has 2 heterocycles. The van der Waals surface area contributed by atoms with E-state index in [1.54, 1.807) is 17.1 Å². The van der Waals surface area contributed by atoms with Gasteiger partial charge in [-0.25, -0.2) is 13.4 Å². The van der Waals surface area contributed by atoms with Crippen LogP contribution in [0, 0.1) is 5.92 Å². The van der Waals surface area contributed by atoms with Crippen LogP contribution in [-0.2, 0) is 14.8 Å². The smallest absolute Gasteiger partial charge is 0.262 e. The zero-order valence-electron chi connectivity index (χ0n) is 16.4. The number of hydrogen-bond donors (Lipinski definition) is 1. The molecule has 1 N–H and O–H groups in total. The van der Waals surface area contributed by atoms with Gasteiger partial charge in [-0.3, -0.25) is 4.79 Å². The Morgan fingerprint density at radius 1 is 1.15 bits per heavy atom. The van der Waals surface area contributed by atoms with Crippen molar-refractivity contribution in [2.24, 2.45) is 5.92 Å². The molecule has 1 aliphatic heterocycles. The number of sulfonamides is 1. The highest BCUT2D eigenvalue weighted by molar-refractivity contribution is 7.89. The molecule has 8 heteroatoms. The third-order valence-corrected chi connectivity index (χ3v) is 7.49. The molecule has 0 radical (unpaired) electrons. The molecule has 1 unspecified atom stereocenters. The van der Waals surface area contributed by atoms with Crippen LogP contribution in [0.15, 0.2) is 17.6 Å². The van der Waals surface area contributed by atoms with Gasteiger partial charge in [0.05, 0.1) is 12.2 Å². The molecule has 1 atom stereocenters. The highest BCUT2D eigenvalue weighted by Crippen LogP contribution is 2.25. The van der Waals surface area contributed by atoms with Gasteiger partial charge in [0.2, 0.25) is 5.91 Å². The number of imidazole rings is 1. The Morgan fingerprint density at radius 3 is 2.48 bits per heavy atom. The minimum absolute atomic E-state index is 0.00881. The van der Waals surface area contributed by atoms with Gasteiger partial charge in [0.15, 0.2) is 5.03 Å². The van der Waals surface area contributed by atoms with Crippen molar-refractivity contribution in [3.8, 4) is 0 Å². The highest BCUT2D eigenvalue weighted by atomic mass is 32.2. The second-order valence-corrected chi connectivity index (χ2v) is 10.0. The lowest BCUT2D eigenvalue weighted by molar-refractivity contribution is -0.126. The normalized spacial score (nSPS) is 23.3. The number of carbonyl (C=O) groups excluding carboxylic acids is 1. The summed E-state index contributed by atoms with van der Waals surface area (Å²) in [6, 6.07) is 0.398. The lowest BCUT2D eigenvalue weighted by atomic mass is 9.97. The van der Waals surface area contributed by atoms with Crippen LogP contribution in [0.1, 0.15) is 71.3 Å². The second kappa shape index (κ2) is 8.73. The number of aromatic nitrogens is 2. The third-order valence-electron chi connectivity index (χ3n) is 5.73. The van der Waals surface area contributed by atoms with Gasteiger partial charge < -0.3 is 9.88 Å². The molecule has 0 bridgehead atoms. The fraction of sp³-hybridized carbons (Fsp3) is 0.789. The SMILES string of the molecule is CC(C)n1cnc(S(=O)(=O)N2CCCC(C(=O)NC3CCCCCC3)C2)c1. The fourth-order valence-corrected chi connectivity index (χ4v) is 5.43. The van der Waals surface area contributed by atoms with Gasteiger partial charge in [0, 0.05) is 31.4 Å². The molecule has 3 rings (SSSR count). The van der Waals surface area contributed by atoms with Crippen LogP contribution in [0.25, 0.3) is 0 Å². The topological polar surface area (TPSA) is 84.3 Å². The molecule has 7 nitrogen and oxygen atoms in total. The maximum atomic E-state index is 12.9. The summed E-state index contributed by atoms with van der Waals surface area (Å²) >= 11 is 0. The number of rotatable bonds is 5. The second-order valence-electron chi connectivity index (χ2n) is 8.15. The molecule has 1 saturated carbocycles. The Morgan fingerprint density at radius 2 is 1.85 bits per heavy atom. The van der Waals surface area contributed by atoms with Crippen LogP contribution in [0.5, 0.6) is 0 Å². The Hall–Kier alpha value is -1.41. The molecule has 1 aliphatic carbocycles. The average molecular weight is 397 g/mol. The summed E-state index contributed by atoms with van der Waals surface area (Å²) in [5.74, 6) is -0.265. The predicted molar refractivity (Wildman–Crippen MR) is 104 cm³/mol.